The number of rotatable bonds is 3. The van der Waals surface area contributed by atoms with Gasteiger partial charge in [0.25, 0.3) is 0 Å². The summed E-state index contributed by atoms with van der Waals surface area (Å²) in [5.74, 6) is 0.722. The molecule has 4 nitrogen and oxygen atoms in total. The van der Waals surface area contributed by atoms with E-state index in [-0.39, 0.29) is 0 Å². The van der Waals surface area contributed by atoms with Crippen LogP contribution in [0.2, 0.25) is 0 Å². The molecule has 0 aliphatic carbocycles. The van der Waals surface area contributed by atoms with E-state index < -0.39 is 0 Å². The van der Waals surface area contributed by atoms with Crippen molar-refractivity contribution in [1.82, 2.24) is 15.1 Å². The molecule has 1 N–H and O–H groups in total. The molecule has 1 aliphatic rings. The Balaban J connectivity index is 2.00. The zero-order valence-corrected chi connectivity index (χ0v) is 8.57. The van der Waals surface area contributed by atoms with E-state index in [1.807, 2.05) is 23.9 Å². The first-order chi connectivity index (χ1) is 6.90. The lowest BCUT2D eigenvalue weighted by atomic mass is 10.1. The molecule has 1 aromatic heterocycles. The van der Waals surface area contributed by atoms with Gasteiger partial charge in [0.1, 0.15) is 6.17 Å². The molecule has 1 aliphatic heterocycles. The van der Waals surface area contributed by atoms with Gasteiger partial charge in [0.15, 0.2) is 0 Å². The van der Waals surface area contributed by atoms with Gasteiger partial charge in [0, 0.05) is 12.3 Å². The third-order valence-corrected chi connectivity index (χ3v) is 2.48. The molecule has 4 heteroatoms. The van der Waals surface area contributed by atoms with E-state index in [1.54, 1.807) is 0 Å². The molecule has 0 spiro atoms. The van der Waals surface area contributed by atoms with E-state index in [9.17, 15) is 0 Å². The molecule has 14 heavy (non-hydrogen) atoms. The van der Waals surface area contributed by atoms with Crippen molar-refractivity contribution < 1.29 is 4.74 Å². The van der Waals surface area contributed by atoms with Gasteiger partial charge in [-0.25, -0.2) is 0 Å². The number of hydrogen-bond acceptors (Lipinski definition) is 3. The molecule has 2 rings (SSSR count). The van der Waals surface area contributed by atoms with Crippen LogP contribution in [-0.2, 0) is 0 Å². The van der Waals surface area contributed by atoms with Crippen molar-refractivity contribution in [2.45, 2.75) is 32.4 Å². The molecule has 0 aromatic carbocycles. The van der Waals surface area contributed by atoms with E-state index in [2.05, 4.69) is 10.4 Å². The lowest BCUT2D eigenvalue weighted by Crippen LogP contribution is -2.31. The van der Waals surface area contributed by atoms with Crippen LogP contribution < -0.4 is 10.1 Å². The van der Waals surface area contributed by atoms with Crippen molar-refractivity contribution in [2.24, 2.45) is 0 Å². The first-order valence-electron chi connectivity index (χ1n) is 5.31. The predicted octanol–water partition coefficient (Wildman–Crippen LogP) is 1.55. The predicted molar refractivity (Wildman–Crippen MR) is 54.3 cm³/mol. The highest BCUT2D eigenvalue weighted by molar-refractivity contribution is 5.06. The Bertz CT molecular complexity index is 279. The number of hydrogen-bond donors (Lipinski definition) is 1. The molecule has 1 fully saturated rings. The molecule has 0 bridgehead atoms. The molecule has 1 aromatic rings. The van der Waals surface area contributed by atoms with Crippen LogP contribution in [0.5, 0.6) is 5.88 Å². The minimum absolute atomic E-state index is 0.359. The highest BCUT2D eigenvalue weighted by atomic mass is 16.5. The van der Waals surface area contributed by atoms with Gasteiger partial charge in [-0.1, -0.05) is 0 Å². The molecule has 78 valence electrons. The minimum atomic E-state index is 0.359. The summed E-state index contributed by atoms with van der Waals surface area (Å²) in [6.07, 6.45) is 6.05. The summed E-state index contributed by atoms with van der Waals surface area (Å²) in [4.78, 5) is 0. The van der Waals surface area contributed by atoms with Gasteiger partial charge in [-0.2, -0.15) is 0 Å². The van der Waals surface area contributed by atoms with Gasteiger partial charge in [-0.15, -0.1) is 5.10 Å². The SMILES string of the molecule is CCOc1ccn(C2CCCCN2)n1. The van der Waals surface area contributed by atoms with Crippen LogP contribution in [0.15, 0.2) is 12.3 Å². The first-order valence-corrected chi connectivity index (χ1v) is 5.31. The van der Waals surface area contributed by atoms with Gasteiger partial charge in [-0.05, 0) is 32.7 Å². The van der Waals surface area contributed by atoms with Crippen molar-refractivity contribution in [3.63, 3.8) is 0 Å². The fourth-order valence-electron chi connectivity index (χ4n) is 1.78. The third-order valence-electron chi connectivity index (χ3n) is 2.48. The largest absolute Gasteiger partial charge is 0.477 e. The highest BCUT2D eigenvalue weighted by Crippen LogP contribution is 2.17. The van der Waals surface area contributed by atoms with E-state index >= 15 is 0 Å². The van der Waals surface area contributed by atoms with Crippen LogP contribution in [0.4, 0.5) is 0 Å². The van der Waals surface area contributed by atoms with Crippen LogP contribution in [0.1, 0.15) is 32.4 Å². The molecular weight excluding hydrogens is 178 g/mol. The number of piperidine rings is 1. The summed E-state index contributed by atoms with van der Waals surface area (Å²) in [7, 11) is 0. The Labute approximate surface area is 84.3 Å². The Morgan fingerprint density at radius 3 is 3.29 bits per heavy atom. The van der Waals surface area contributed by atoms with Gasteiger partial charge < -0.3 is 4.74 Å². The van der Waals surface area contributed by atoms with Gasteiger partial charge in [-0.3, -0.25) is 10.00 Å². The molecule has 0 radical (unpaired) electrons. The molecule has 0 amide bonds. The fraction of sp³-hybridized carbons (Fsp3) is 0.700. The van der Waals surface area contributed by atoms with Crippen LogP contribution >= 0.6 is 0 Å². The summed E-state index contributed by atoms with van der Waals surface area (Å²) in [6, 6.07) is 1.92. The van der Waals surface area contributed by atoms with Crippen molar-refractivity contribution >= 4 is 0 Å². The van der Waals surface area contributed by atoms with Gasteiger partial charge in [0.2, 0.25) is 5.88 Å². The Hall–Kier alpha value is -1.03. The second-order valence-corrected chi connectivity index (χ2v) is 3.53. The maximum Gasteiger partial charge on any atom is 0.232 e. The summed E-state index contributed by atoms with van der Waals surface area (Å²) in [5, 5.41) is 7.79. The summed E-state index contributed by atoms with van der Waals surface area (Å²) >= 11 is 0. The van der Waals surface area contributed by atoms with Gasteiger partial charge >= 0.3 is 0 Å². The zero-order chi connectivity index (χ0) is 9.80. The third kappa shape index (κ3) is 2.07. The second-order valence-electron chi connectivity index (χ2n) is 3.53. The van der Waals surface area contributed by atoms with E-state index in [0.29, 0.717) is 12.8 Å². The number of nitrogens with one attached hydrogen (secondary N) is 1. The number of aromatic nitrogens is 2. The lowest BCUT2D eigenvalue weighted by Gasteiger charge is -2.23. The van der Waals surface area contributed by atoms with Crippen LogP contribution in [0.3, 0.4) is 0 Å². The molecule has 1 saturated heterocycles. The van der Waals surface area contributed by atoms with Crippen LogP contribution in [0.25, 0.3) is 0 Å². The molecule has 2 heterocycles. The van der Waals surface area contributed by atoms with Gasteiger partial charge in [0.05, 0.1) is 6.61 Å². The fourth-order valence-corrected chi connectivity index (χ4v) is 1.78. The average Bonchev–Trinajstić information content (AvgIpc) is 2.68. The maximum absolute atomic E-state index is 5.32. The smallest absolute Gasteiger partial charge is 0.232 e. The van der Waals surface area contributed by atoms with Crippen molar-refractivity contribution in [3.8, 4) is 5.88 Å². The Morgan fingerprint density at radius 2 is 2.57 bits per heavy atom. The van der Waals surface area contributed by atoms with E-state index in [4.69, 9.17) is 4.74 Å². The standard InChI is InChI=1S/C10H17N3O/c1-2-14-10-6-8-13(12-10)9-5-3-4-7-11-9/h6,8-9,11H,2-5,7H2,1H3. The topological polar surface area (TPSA) is 39.1 Å². The number of nitrogens with zero attached hydrogens (tertiary/aromatic N) is 2. The van der Waals surface area contributed by atoms with Crippen LogP contribution in [-0.4, -0.2) is 22.9 Å². The van der Waals surface area contributed by atoms with E-state index in [1.165, 1.54) is 12.8 Å². The molecular formula is C10H17N3O. The molecule has 0 saturated carbocycles. The Kier molecular flexibility index (Phi) is 3.03. The average molecular weight is 195 g/mol. The first kappa shape index (κ1) is 9.52. The number of ether oxygens (including phenoxy) is 1. The quantitative estimate of drug-likeness (QED) is 0.795. The van der Waals surface area contributed by atoms with Crippen LogP contribution in [0, 0.1) is 0 Å². The maximum atomic E-state index is 5.32. The lowest BCUT2D eigenvalue weighted by molar-refractivity contribution is 0.278. The monoisotopic (exact) mass is 195 g/mol. The van der Waals surface area contributed by atoms with Crippen molar-refractivity contribution in [1.29, 1.82) is 0 Å². The summed E-state index contributed by atoms with van der Waals surface area (Å²) < 4.78 is 7.28. The minimum Gasteiger partial charge on any atom is -0.477 e. The highest BCUT2D eigenvalue weighted by Gasteiger charge is 2.14. The van der Waals surface area contributed by atoms with Crippen molar-refractivity contribution in [2.75, 3.05) is 13.2 Å². The van der Waals surface area contributed by atoms with Crippen molar-refractivity contribution in [3.05, 3.63) is 12.3 Å². The molecule has 1 atom stereocenters. The second kappa shape index (κ2) is 4.46. The summed E-state index contributed by atoms with van der Waals surface area (Å²) in [5.41, 5.74) is 0. The van der Waals surface area contributed by atoms with E-state index in [0.717, 1.165) is 18.8 Å². The summed E-state index contributed by atoms with van der Waals surface area (Å²) in [6.45, 7) is 3.74. The molecule has 1 unspecified atom stereocenters. The zero-order valence-electron chi connectivity index (χ0n) is 8.57. The Morgan fingerprint density at radius 1 is 1.64 bits per heavy atom. The normalized spacial score (nSPS) is 22.2.